The first-order valence-corrected chi connectivity index (χ1v) is 12.9. The molecule has 4 aliphatic carbocycles. The molecule has 4 aliphatic rings. The van der Waals surface area contributed by atoms with Gasteiger partial charge in [-0.15, -0.1) is 0 Å². The Labute approximate surface area is 198 Å². The molecule has 5 N–H and O–H groups in total. The van der Waals surface area contributed by atoms with Gasteiger partial charge in [0.1, 0.15) is 0 Å². The van der Waals surface area contributed by atoms with Crippen LogP contribution in [0.2, 0.25) is 0 Å². The van der Waals surface area contributed by atoms with Gasteiger partial charge in [-0.3, -0.25) is 4.79 Å². The minimum Gasteiger partial charge on any atom is -0.393 e. The summed E-state index contributed by atoms with van der Waals surface area (Å²) in [5.41, 5.74) is -3.64. The third-order valence-corrected chi connectivity index (χ3v) is 10.5. The Balaban J connectivity index is 1.65. The van der Waals surface area contributed by atoms with Crippen molar-refractivity contribution >= 4 is 5.78 Å². The topological polar surface area (TPSA) is 118 Å². The molecule has 0 bridgehead atoms. The Bertz CT molecular complexity index is 827. The highest BCUT2D eigenvalue weighted by molar-refractivity contribution is 5.95. The van der Waals surface area contributed by atoms with E-state index in [4.69, 9.17) is 0 Å². The molecule has 6 nitrogen and oxygen atoms in total. The summed E-state index contributed by atoms with van der Waals surface area (Å²) in [6.07, 6.45) is 5.38. The SMILES string of the molecule is CC(C)(O)CC[C@H](O)[C@](C)(O)[C@H]1CC[C@@]2(O)C3=CC(=O)[C@H]4C[C@H](O)CC[C@]4(C)[C@H]3CC[C@]12C. The highest BCUT2D eigenvalue weighted by atomic mass is 16.3. The summed E-state index contributed by atoms with van der Waals surface area (Å²) in [6, 6.07) is 0. The number of fused-ring (bicyclic) bond motifs is 5. The van der Waals surface area contributed by atoms with E-state index in [0.29, 0.717) is 38.5 Å². The van der Waals surface area contributed by atoms with Gasteiger partial charge >= 0.3 is 0 Å². The summed E-state index contributed by atoms with van der Waals surface area (Å²) in [5.74, 6) is -0.426. The minimum atomic E-state index is -1.42. The fourth-order valence-electron chi connectivity index (χ4n) is 8.27. The lowest BCUT2D eigenvalue weighted by atomic mass is 9.46. The second-order valence-electron chi connectivity index (χ2n) is 13.0. The van der Waals surface area contributed by atoms with Gasteiger partial charge in [0.2, 0.25) is 0 Å². The van der Waals surface area contributed by atoms with E-state index in [9.17, 15) is 30.3 Å². The van der Waals surface area contributed by atoms with Crippen LogP contribution in [0.5, 0.6) is 0 Å². The van der Waals surface area contributed by atoms with E-state index >= 15 is 0 Å². The normalized spacial score (nSPS) is 46.0. The third-order valence-electron chi connectivity index (χ3n) is 10.5. The molecular formula is C27H44O6. The zero-order valence-electron chi connectivity index (χ0n) is 21.0. The fourth-order valence-corrected chi connectivity index (χ4v) is 8.27. The van der Waals surface area contributed by atoms with Gasteiger partial charge < -0.3 is 25.5 Å². The van der Waals surface area contributed by atoms with Crippen LogP contribution in [-0.4, -0.2) is 60.3 Å². The van der Waals surface area contributed by atoms with Gasteiger partial charge in [0.15, 0.2) is 5.78 Å². The summed E-state index contributed by atoms with van der Waals surface area (Å²) in [7, 11) is 0. The first-order valence-electron chi connectivity index (χ1n) is 12.9. The van der Waals surface area contributed by atoms with Gasteiger partial charge in [0.05, 0.1) is 29.0 Å². The van der Waals surface area contributed by atoms with Crippen LogP contribution in [0.3, 0.4) is 0 Å². The van der Waals surface area contributed by atoms with Crippen molar-refractivity contribution in [3.8, 4) is 0 Å². The molecule has 188 valence electrons. The van der Waals surface area contributed by atoms with Crippen LogP contribution in [0.4, 0.5) is 0 Å². The number of carbonyl (C=O) groups excluding carboxylic acids is 1. The summed E-state index contributed by atoms with van der Waals surface area (Å²) >= 11 is 0. The monoisotopic (exact) mass is 464 g/mol. The Morgan fingerprint density at radius 1 is 1.06 bits per heavy atom. The summed E-state index contributed by atoms with van der Waals surface area (Å²) < 4.78 is 0. The predicted octanol–water partition coefficient (Wildman–Crippen LogP) is 2.88. The lowest BCUT2D eigenvalue weighted by Gasteiger charge is -2.60. The largest absolute Gasteiger partial charge is 0.393 e. The van der Waals surface area contributed by atoms with E-state index in [2.05, 4.69) is 6.92 Å². The van der Waals surface area contributed by atoms with Crippen molar-refractivity contribution in [3.63, 3.8) is 0 Å². The van der Waals surface area contributed by atoms with Crippen LogP contribution in [0.15, 0.2) is 11.6 Å². The van der Waals surface area contributed by atoms with E-state index in [-0.39, 0.29) is 35.4 Å². The molecule has 33 heavy (non-hydrogen) atoms. The number of hydrogen-bond donors (Lipinski definition) is 5. The van der Waals surface area contributed by atoms with Crippen molar-refractivity contribution in [1.82, 2.24) is 0 Å². The molecule has 0 spiro atoms. The zero-order valence-corrected chi connectivity index (χ0v) is 21.0. The molecule has 0 aromatic heterocycles. The van der Waals surface area contributed by atoms with Crippen LogP contribution in [0.25, 0.3) is 0 Å². The van der Waals surface area contributed by atoms with Gasteiger partial charge in [-0.25, -0.2) is 0 Å². The van der Waals surface area contributed by atoms with Crippen molar-refractivity contribution in [1.29, 1.82) is 0 Å². The number of ketones is 1. The Hall–Kier alpha value is -0.790. The minimum absolute atomic E-state index is 0.0144. The van der Waals surface area contributed by atoms with Crippen LogP contribution < -0.4 is 0 Å². The van der Waals surface area contributed by atoms with E-state index < -0.39 is 34.4 Å². The fraction of sp³-hybridized carbons (Fsp3) is 0.889. The zero-order chi connectivity index (χ0) is 24.6. The van der Waals surface area contributed by atoms with Crippen molar-refractivity contribution in [2.24, 2.45) is 28.6 Å². The van der Waals surface area contributed by atoms with Crippen LogP contribution in [0.1, 0.15) is 92.4 Å². The molecule has 4 rings (SSSR count). The molecule has 3 fully saturated rings. The number of rotatable bonds is 5. The second kappa shape index (κ2) is 7.86. The Morgan fingerprint density at radius 2 is 1.73 bits per heavy atom. The number of aliphatic hydroxyl groups excluding tert-OH is 2. The van der Waals surface area contributed by atoms with Gasteiger partial charge in [0.25, 0.3) is 0 Å². The van der Waals surface area contributed by atoms with Gasteiger partial charge in [-0.05, 0) is 107 Å². The highest BCUT2D eigenvalue weighted by Crippen LogP contribution is 2.68. The quantitative estimate of drug-likeness (QED) is 0.427. The molecule has 3 saturated carbocycles. The molecule has 0 saturated heterocycles. The van der Waals surface area contributed by atoms with E-state index in [1.165, 1.54) is 0 Å². The smallest absolute Gasteiger partial charge is 0.159 e. The van der Waals surface area contributed by atoms with Crippen LogP contribution >= 0.6 is 0 Å². The van der Waals surface area contributed by atoms with E-state index in [0.717, 1.165) is 18.4 Å². The van der Waals surface area contributed by atoms with Crippen molar-refractivity contribution in [2.45, 2.75) is 121 Å². The van der Waals surface area contributed by atoms with E-state index in [1.54, 1.807) is 26.8 Å². The van der Waals surface area contributed by atoms with Gasteiger partial charge in [-0.1, -0.05) is 13.8 Å². The lowest BCUT2D eigenvalue weighted by Crippen LogP contribution is -2.62. The first-order chi connectivity index (χ1) is 15.1. The maximum atomic E-state index is 13.2. The number of allylic oxidation sites excluding steroid dienone is 1. The molecule has 0 unspecified atom stereocenters. The average molecular weight is 465 g/mol. The van der Waals surface area contributed by atoms with Gasteiger partial charge in [-0.2, -0.15) is 0 Å². The Morgan fingerprint density at radius 3 is 2.36 bits per heavy atom. The summed E-state index contributed by atoms with van der Waals surface area (Å²) in [6.45, 7) is 9.22. The number of carbonyl (C=O) groups is 1. The van der Waals surface area contributed by atoms with Crippen molar-refractivity contribution < 1.29 is 30.3 Å². The molecule has 0 aliphatic heterocycles. The van der Waals surface area contributed by atoms with Crippen molar-refractivity contribution in [3.05, 3.63) is 11.6 Å². The lowest BCUT2D eigenvalue weighted by molar-refractivity contribution is -0.172. The molecule has 0 aromatic rings. The standard InChI is InChI=1S/C27H44O6/c1-23(2,31)10-9-22(30)26(5,32)21-8-13-27(33)18-15-20(29)19-14-16(28)6-11-24(19,3)17(18)7-12-25(21,27)4/h15-17,19,21-22,28,30-33H,6-14H2,1-5H3/t16-,17+,19-,21+,22+,24-,25-,26-,27-/m1/s1. The third kappa shape index (κ3) is 3.76. The number of hydrogen-bond acceptors (Lipinski definition) is 6. The number of aliphatic hydroxyl groups is 5. The Kier molecular flexibility index (Phi) is 6.03. The van der Waals surface area contributed by atoms with Gasteiger partial charge in [0, 0.05) is 11.3 Å². The molecule has 0 amide bonds. The maximum Gasteiger partial charge on any atom is 0.159 e. The molecule has 9 atom stereocenters. The van der Waals surface area contributed by atoms with Crippen molar-refractivity contribution in [2.75, 3.05) is 0 Å². The highest BCUT2D eigenvalue weighted by Gasteiger charge is 2.68. The second-order valence-corrected chi connectivity index (χ2v) is 13.0. The molecule has 0 heterocycles. The molecule has 0 radical (unpaired) electrons. The summed E-state index contributed by atoms with van der Waals surface area (Å²) in [5, 5.41) is 55.0. The summed E-state index contributed by atoms with van der Waals surface area (Å²) in [4.78, 5) is 13.2. The maximum absolute atomic E-state index is 13.2. The van der Waals surface area contributed by atoms with Crippen LogP contribution in [0, 0.1) is 28.6 Å². The van der Waals surface area contributed by atoms with Crippen LogP contribution in [-0.2, 0) is 4.79 Å². The molecule has 0 aromatic carbocycles. The first kappa shape index (κ1) is 25.3. The van der Waals surface area contributed by atoms with E-state index in [1.807, 2.05) is 6.92 Å². The average Bonchev–Trinajstić information content (AvgIpc) is 2.99. The molecule has 6 heteroatoms. The molecular weight excluding hydrogens is 420 g/mol. The predicted molar refractivity (Wildman–Crippen MR) is 125 cm³/mol.